The highest BCUT2D eigenvalue weighted by molar-refractivity contribution is 7.89. The van der Waals surface area contributed by atoms with Crippen LogP contribution in [0.25, 0.3) is 0 Å². The van der Waals surface area contributed by atoms with Crippen LogP contribution in [0, 0.1) is 11.3 Å². The van der Waals surface area contributed by atoms with Crippen molar-refractivity contribution in [2.45, 2.75) is 23.9 Å². The molecule has 1 aliphatic heterocycles. The van der Waals surface area contributed by atoms with E-state index in [2.05, 4.69) is 10.2 Å². The van der Waals surface area contributed by atoms with Crippen LogP contribution in [0.15, 0.2) is 29.4 Å². The Balaban J connectivity index is 1.82. The molecule has 0 atom stereocenters. The number of rotatable bonds is 4. The van der Waals surface area contributed by atoms with Gasteiger partial charge in [0.25, 0.3) is 0 Å². The highest BCUT2D eigenvalue weighted by Crippen LogP contribution is 2.37. The van der Waals surface area contributed by atoms with Crippen LogP contribution in [-0.2, 0) is 29.0 Å². The van der Waals surface area contributed by atoms with Crippen molar-refractivity contribution in [1.29, 1.82) is 5.26 Å². The maximum absolute atomic E-state index is 13.0. The van der Waals surface area contributed by atoms with Gasteiger partial charge in [-0.05, 0) is 18.2 Å². The zero-order valence-corrected chi connectivity index (χ0v) is 16.3. The van der Waals surface area contributed by atoms with E-state index in [0.717, 1.165) is 4.31 Å². The number of halogens is 6. The number of benzene rings is 1. The van der Waals surface area contributed by atoms with Gasteiger partial charge < -0.3 is 0 Å². The van der Waals surface area contributed by atoms with Gasteiger partial charge in [-0.3, -0.25) is 9.47 Å². The maximum Gasteiger partial charge on any atom is 0.416 e. The molecule has 31 heavy (non-hydrogen) atoms. The second-order valence-corrected chi connectivity index (χ2v) is 8.58. The van der Waals surface area contributed by atoms with Gasteiger partial charge in [-0.2, -0.15) is 35.9 Å². The van der Waals surface area contributed by atoms with Crippen molar-refractivity contribution in [3.05, 3.63) is 41.5 Å². The molecule has 2 heterocycles. The summed E-state index contributed by atoms with van der Waals surface area (Å²) in [6, 6.07) is 2.11. The third-order valence-electron chi connectivity index (χ3n) is 4.60. The normalized spacial score (nSPS) is 16.9. The van der Waals surface area contributed by atoms with Crippen molar-refractivity contribution in [3.8, 4) is 6.07 Å². The van der Waals surface area contributed by atoms with Crippen LogP contribution in [0.4, 0.5) is 26.3 Å². The molecular weight excluding hydrogens is 454 g/mol. The largest absolute Gasteiger partial charge is 0.416 e. The van der Waals surface area contributed by atoms with Crippen molar-refractivity contribution in [2.75, 3.05) is 26.2 Å². The minimum Gasteiger partial charge on any atom is -0.291 e. The highest BCUT2D eigenvalue weighted by atomic mass is 32.2. The molecule has 0 saturated carbocycles. The lowest BCUT2D eigenvalue weighted by Gasteiger charge is -2.34. The SMILES string of the molecule is N#Cc1nncn1CN1CCN(S(=O)(=O)c2cc(C(F)(F)F)cc(C(F)(F)F)c2)CC1. The van der Waals surface area contributed by atoms with E-state index in [1.54, 1.807) is 4.90 Å². The first-order valence-electron chi connectivity index (χ1n) is 8.62. The number of nitrogens with zero attached hydrogens (tertiary/aromatic N) is 6. The van der Waals surface area contributed by atoms with E-state index < -0.39 is 38.4 Å². The van der Waals surface area contributed by atoms with E-state index >= 15 is 0 Å². The summed E-state index contributed by atoms with van der Waals surface area (Å²) in [6.45, 7) is 0.111. The molecule has 0 N–H and O–H groups in total. The summed E-state index contributed by atoms with van der Waals surface area (Å²) in [7, 11) is -4.60. The van der Waals surface area contributed by atoms with Gasteiger partial charge in [-0.25, -0.2) is 8.42 Å². The van der Waals surface area contributed by atoms with Crippen molar-refractivity contribution in [3.63, 3.8) is 0 Å². The molecule has 1 aliphatic rings. The summed E-state index contributed by atoms with van der Waals surface area (Å²) in [6.07, 6.45) is -8.99. The van der Waals surface area contributed by atoms with Crippen LogP contribution in [-0.4, -0.2) is 58.6 Å². The van der Waals surface area contributed by atoms with Crippen LogP contribution in [0.1, 0.15) is 17.0 Å². The molecule has 1 fully saturated rings. The molecule has 0 unspecified atom stereocenters. The van der Waals surface area contributed by atoms with E-state index in [9.17, 15) is 34.8 Å². The Labute approximate surface area is 172 Å². The van der Waals surface area contributed by atoms with Crippen LogP contribution in [0.5, 0.6) is 0 Å². The van der Waals surface area contributed by atoms with Gasteiger partial charge in [0.2, 0.25) is 15.8 Å². The van der Waals surface area contributed by atoms with Crippen molar-refractivity contribution in [2.24, 2.45) is 0 Å². The second kappa shape index (κ2) is 8.09. The third kappa shape index (κ3) is 4.97. The van der Waals surface area contributed by atoms with Gasteiger partial charge in [0, 0.05) is 26.2 Å². The molecule has 1 aromatic heterocycles. The predicted octanol–water partition coefficient (Wildman–Crippen LogP) is 2.15. The lowest BCUT2D eigenvalue weighted by molar-refractivity contribution is -0.143. The molecule has 0 amide bonds. The quantitative estimate of drug-likeness (QED) is 0.639. The second-order valence-electron chi connectivity index (χ2n) is 6.64. The lowest BCUT2D eigenvalue weighted by atomic mass is 10.1. The molecule has 1 aromatic carbocycles. The van der Waals surface area contributed by atoms with E-state index in [0.29, 0.717) is 0 Å². The number of sulfonamides is 1. The van der Waals surface area contributed by atoms with Gasteiger partial charge in [0.05, 0.1) is 22.7 Å². The van der Waals surface area contributed by atoms with Crippen LogP contribution in [0.3, 0.4) is 0 Å². The Kier molecular flexibility index (Phi) is 6.00. The minimum atomic E-state index is -5.15. The molecule has 1 saturated heterocycles. The lowest BCUT2D eigenvalue weighted by Crippen LogP contribution is -2.48. The van der Waals surface area contributed by atoms with Gasteiger partial charge in [-0.15, -0.1) is 10.2 Å². The summed E-state index contributed by atoms with van der Waals surface area (Å²) >= 11 is 0. The van der Waals surface area contributed by atoms with Crippen molar-refractivity contribution in [1.82, 2.24) is 24.0 Å². The zero-order valence-electron chi connectivity index (χ0n) is 15.5. The number of hydrogen-bond acceptors (Lipinski definition) is 6. The molecule has 168 valence electrons. The van der Waals surface area contributed by atoms with Crippen LogP contribution >= 0.6 is 0 Å². The zero-order chi connectivity index (χ0) is 23.0. The first-order valence-corrected chi connectivity index (χ1v) is 10.1. The van der Waals surface area contributed by atoms with Gasteiger partial charge >= 0.3 is 12.4 Å². The molecular formula is C16H14F6N6O2S. The average molecular weight is 468 g/mol. The van der Waals surface area contributed by atoms with Gasteiger partial charge in [-0.1, -0.05) is 0 Å². The highest BCUT2D eigenvalue weighted by Gasteiger charge is 2.39. The number of alkyl halides is 6. The number of aromatic nitrogens is 3. The predicted molar refractivity (Wildman–Crippen MR) is 91.5 cm³/mol. The molecule has 0 spiro atoms. The Bertz CT molecular complexity index is 1060. The minimum absolute atomic E-state index is 0.0405. The first kappa shape index (κ1) is 23.0. The smallest absolute Gasteiger partial charge is 0.291 e. The molecule has 3 rings (SSSR count). The van der Waals surface area contributed by atoms with E-state index in [-0.39, 0.29) is 56.9 Å². The molecule has 0 radical (unpaired) electrons. The molecule has 8 nitrogen and oxygen atoms in total. The van der Waals surface area contributed by atoms with E-state index in [1.165, 1.54) is 10.9 Å². The van der Waals surface area contributed by atoms with Gasteiger partial charge in [0.1, 0.15) is 12.4 Å². The van der Waals surface area contributed by atoms with Crippen molar-refractivity contribution < 1.29 is 34.8 Å². The fraction of sp³-hybridized carbons (Fsp3) is 0.438. The summed E-state index contributed by atoms with van der Waals surface area (Å²) < 4.78 is 106. The van der Waals surface area contributed by atoms with E-state index in [4.69, 9.17) is 5.26 Å². The summed E-state index contributed by atoms with van der Waals surface area (Å²) in [5.41, 5.74) is -3.40. The maximum atomic E-state index is 13.0. The standard InChI is InChI=1S/C16H14F6N6O2S/c17-15(18,19)11-5-12(16(20,21)22)7-13(6-11)31(29,30)28-3-1-26(2-4-28)10-27-9-24-25-14(27)8-23/h5-7,9H,1-4,10H2. The van der Waals surface area contributed by atoms with Gasteiger partial charge in [0.15, 0.2) is 0 Å². The summed E-state index contributed by atoms with van der Waals surface area (Å²) in [5.74, 6) is 0.0405. The molecule has 2 aromatic rings. The van der Waals surface area contributed by atoms with Crippen LogP contribution in [0.2, 0.25) is 0 Å². The molecule has 15 heteroatoms. The fourth-order valence-corrected chi connectivity index (χ4v) is 4.49. The Morgan fingerprint density at radius 2 is 1.52 bits per heavy atom. The number of nitriles is 1. The first-order chi connectivity index (χ1) is 14.3. The number of piperazine rings is 1. The Morgan fingerprint density at radius 3 is 2.00 bits per heavy atom. The molecule has 0 aliphatic carbocycles. The Morgan fingerprint density at radius 1 is 0.968 bits per heavy atom. The fourth-order valence-electron chi connectivity index (χ4n) is 3.00. The van der Waals surface area contributed by atoms with Crippen molar-refractivity contribution >= 4 is 10.0 Å². The average Bonchev–Trinajstić information content (AvgIpc) is 3.14. The Hall–Kier alpha value is -2.70. The monoisotopic (exact) mass is 468 g/mol. The molecule has 0 bridgehead atoms. The topological polar surface area (TPSA) is 95.1 Å². The van der Waals surface area contributed by atoms with Crippen LogP contribution < -0.4 is 0 Å². The summed E-state index contributed by atoms with van der Waals surface area (Å²) in [5, 5.41) is 16.1. The third-order valence-corrected chi connectivity index (χ3v) is 6.47. The number of hydrogen-bond donors (Lipinski definition) is 0. The summed E-state index contributed by atoms with van der Waals surface area (Å²) in [4.78, 5) is 0.664. The van der Waals surface area contributed by atoms with E-state index in [1.807, 2.05) is 6.07 Å².